The Morgan fingerprint density at radius 1 is 1.56 bits per heavy atom. The van der Waals surface area contributed by atoms with Crippen molar-refractivity contribution in [1.29, 1.82) is 0 Å². The summed E-state index contributed by atoms with van der Waals surface area (Å²) in [7, 11) is -3.30. The fourth-order valence-electron chi connectivity index (χ4n) is 1.72. The van der Waals surface area contributed by atoms with E-state index in [0.29, 0.717) is 18.7 Å². The number of aromatic nitrogens is 1. The van der Waals surface area contributed by atoms with Crippen molar-refractivity contribution in [3.8, 4) is 0 Å². The third kappa shape index (κ3) is 1.73. The molecule has 0 unspecified atom stereocenters. The van der Waals surface area contributed by atoms with Gasteiger partial charge in [-0.3, -0.25) is 14.1 Å². The summed E-state index contributed by atoms with van der Waals surface area (Å²) in [5, 5.41) is 0. The largest absolute Gasteiger partial charge is 0.364 e. The van der Waals surface area contributed by atoms with Gasteiger partial charge >= 0.3 is 0 Å². The molecular formula is C9H11N3O3S. The zero-order chi connectivity index (χ0) is 11.9. The van der Waals surface area contributed by atoms with Gasteiger partial charge in [-0.1, -0.05) is 0 Å². The number of rotatable bonds is 2. The Morgan fingerprint density at radius 3 is 2.81 bits per heavy atom. The predicted molar refractivity (Wildman–Crippen MR) is 58.6 cm³/mol. The molecule has 86 valence electrons. The molecule has 2 heterocycles. The molecule has 1 aliphatic rings. The van der Waals surface area contributed by atoms with E-state index in [-0.39, 0.29) is 5.69 Å². The van der Waals surface area contributed by atoms with Crippen molar-refractivity contribution in [3.05, 3.63) is 23.5 Å². The molecule has 7 heteroatoms. The highest BCUT2D eigenvalue weighted by molar-refractivity contribution is 7.92. The van der Waals surface area contributed by atoms with E-state index in [1.807, 2.05) is 0 Å². The first-order valence-corrected chi connectivity index (χ1v) is 6.51. The van der Waals surface area contributed by atoms with Crippen LogP contribution in [-0.2, 0) is 16.4 Å². The molecule has 1 amide bonds. The number of hydrogen-bond acceptors (Lipinski definition) is 4. The van der Waals surface area contributed by atoms with Crippen molar-refractivity contribution in [2.24, 2.45) is 5.73 Å². The van der Waals surface area contributed by atoms with E-state index in [0.717, 1.165) is 11.8 Å². The van der Waals surface area contributed by atoms with E-state index in [1.165, 1.54) is 16.6 Å². The van der Waals surface area contributed by atoms with Crippen molar-refractivity contribution in [2.75, 3.05) is 17.1 Å². The number of primary amides is 1. The normalized spacial score (nSPS) is 14.9. The van der Waals surface area contributed by atoms with Gasteiger partial charge < -0.3 is 5.73 Å². The van der Waals surface area contributed by atoms with Crippen molar-refractivity contribution in [3.63, 3.8) is 0 Å². The summed E-state index contributed by atoms with van der Waals surface area (Å²) in [4.78, 5) is 14.8. The summed E-state index contributed by atoms with van der Waals surface area (Å²) in [5.41, 5.74) is 6.49. The maximum Gasteiger partial charge on any atom is 0.267 e. The molecule has 0 radical (unpaired) electrons. The van der Waals surface area contributed by atoms with E-state index in [1.54, 1.807) is 0 Å². The molecule has 2 N–H and O–H groups in total. The molecule has 0 bridgehead atoms. The van der Waals surface area contributed by atoms with Crippen molar-refractivity contribution in [1.82, 2.24) is 4.98 Å². The molecule has 0 aliphatic carbocycles. The average molecular weight is 241 g/mol. The van der Waals surface area contributed by atoms with Crippen molar-refractivity contribution >= 4 is 21.6 Å². The summed E-state index contributed by atoms with van der Waals surface area (Å²) < 4.78 is 24.2. The Labute approximate surface area is 93.1 Å². The van der Waals surface area contributed by atoms with Gasteiger partial charge in [0.1, 0.15) is 5.69 Å². The summed E-state index contributed by atoms with van der Waals surface area (Å²) in [6, 6.07) is 1.42. The summed E-state index contributed by atoms with van der Waals surface area (Å²) >= 11 is 0. The molecule has 0 aromatic carbocycles. The van der Waals surface area contributed by atoms with E-state index >= 15 is 0 Å². The first-order chi connectivity index (χ1) is 7.39. The lowest BCUT2D eigenvalue weighted by molar-refractivity contribution is 0.0995. The van der Waals surface area contributed by atoms with E-state index < -0.39 is 15.9 Å². The van der Waals surface area contributed by atoms with Crippen LogP contribution in [-0.4, -0.2) is 32.1 Å². The zero-order valence-corrected chi connectivity index (χ0v) is 9.49. The third-order valence-electron chi connectivity index (χ3n) is 2.47. The second-order valence-corrected chi connectivity index (χ2v) is 5.55. The number of carbonyl (C=O) groups excluding carboxylic acids is 1. The van der Waals surface area contributed by atoms with Crippen LogP contribution < -0.4 is 10.0 Å². The van der Waals surface area contributed by atoms with Crippen LogP contribution in [0.1, 0.15) is 16.1 Å². The van der Waals surface area contributed by atoms with Gasteiger partial charge in [0.2, 0.25) is 10.0 Å². The first kappa shape index (κ1) is 10.9. The molecule has 1 aromatic heterocycles. The van der Waals surface area contributed by atoms with Crippen LogP contribution in [0.25, 0.3) is 0 Å². The molecule has 0 fully saturated rings. The molecule has 0 saturated carbocycles. The van der Waals surface area contributed by atoms with Gasteiger partial charge in [-0.05, 0) is 18.1 Å². The number of sulfonamides is 1. The molecule has 0 atom stereocenters. The minimum absolute atomic E-state index is 0.0781. The lowest BCUT2D eigenvalue weighted by Gasteiger charge is -2.16. The Balaban J connectivity index is 2.53. The average Bonchev–Trinajstić information content (AvgIpc) is 2.58. The Kier molecular flexibility index (Phi) is 2.34. The van der Waals surface area contributed by atoms with Gasteiger partial charge in [0.05, 0.1) is 11.9 Å². The zero-order valence-electron chi connectivity index (χ0n) is 8.67. The predicted octanol–water partition coefficient (Wildman–Crippen LogP) is -0.497. The highest BCUT2D eigenvalue weighted by atomic mass is 32.2. The summed E-state index contributed by atoms with van der Waals surface area (Å²) in [5.74, 6) is -0.664. The molecule has 16 heavy (non-hydrogen) atoms. The van der Waals surface area contributed by atoms with Gasteiger partial charge in [0.25, 0.3) is 5.91 Å². The Bertz CT molecular complexity index is 553. The minimum atomic E-state index is -3.30. The number of anilines is 1. The van der Waals surface area contributed by atoms with Gasteiger partial charge in [0.15, 0.2) is 0 Å². The number of nitrogens with zero attached hydrogens (tertiary/aromatic N) is 2. The summed E-state index contributed by atoms with van der Waals surface area (Å²) in [6.07, 6.45) is 3.24. The van der Waals surface area contributed by atoms with Crippen molar-refractivity contribution in [2.45, 2.75) is 6.42 Å². The summed E-state index contributed by atoms with van der Waals surface area (Å²) in [6.45, 7) is 0.387. The van der Waals surface area contributed by atoms with E-state index in [9.17, 15) is 13.2 Å². The van der Waals surface area contributed by atoms with Crippen LogP contribution >= 0.6 is 0 Å². The molecule has 1 aliphatic heterocycles. The first-order valence-electron chi connectivity index (χ1n) is 4.66. The maximum atomic E-state index is 11.5. The van der Waals surface area contributed by atoms with Crippen LogP contribution in [0.5, 0.6) is 0 Å². The molecule has 0 saturated heterocycles. The number of amides is 1. The highest BCUT2D eigenvalue weighted by Gasteiger charge is 2.27. The Hall–Kier alpha value is -1.63. The lowest BCUT2D eigenvalue weighted by atomic mass is 10.2. The smallest absolute Gasteiger partial charge is 0.267 e. The van der Waals surface area contributed by atoms with Gasteiger partial charge in [-0.25, -0.2) is 8.42 Å². The van der Waals surface area contributed by atoms with Crippen molar-refractivity contribution < 1.29 is 13.2 Å². The van der Waals surface area contributed by atoms with Crippen LogP contribution in [0.2, 0.25) is 0 Å². The number of fused-ring (bicyclic) bond motifs is 1. The third-order valence-corrected chi connectivity index (χ3v) is 3.65. The van der Waals surface area contributed by atoms with Crippen LogP contribution in [0, 0.1) is 0 Å². The van der Waals surface area contributed by atoms with Crippen LogP contribution in [0.4, 0.5) is 5.69 Å². The topological polar surface area (TPSA) is 93.4 Å². The molecule has 2 rings (SSSR count). The number of carbonyl (C=O) groups is 1. The molecule has 1 aromatic rings. The van der Waals surface area contributed by atoms with Gasteiger partial charge in [-0.2, -0.15) is 0 Å². The maximum absolute atomic E-state index is 11.5. The number of nitrogens with two attached hydrogens (primary N) is 1. The quantitative estimate of drug-likeness (QED) is 0.755. The fourth-order valence-corrected chi connectivity index (χ4v) is 2.67. The number of hydrogen-bond donors (Lipinski definition) is 1. The standard InChI is InChI=1S/C9H11N3O3S/c1-16(14,15)12-3-2-6-5-11-7(9(10)13)4-8(6)12/h4-5H,2-3H2,1H3,(H2,10,13). The second kappa shape index (κ2) is 3.44. The fraction of sp³-hybridized carbons (Fsp3) is 0.333. The van der Waals surface area contributed by atoms with Gasteiger partial charge in [-0.15, -0.1) is 0 Å². The monoisotopic (exact) mass is 241 g/mol. The van der Waals surface area contributed by atoms with Gasteiger partial charge in [0, 0.05) is 12.7 Å². The lowest BCUT2D eigenvalue weighted by Crippen LogP contribution is -2.27. The van der Waals surface area contributed by atoms with Crippen LogP contribution in [0.3, 0.4) is 0 Å². The SMILES string of the molecule is CS(=O)(=O)N1CCc2cnc(C(N)=O)cc21. The highest BCUT2D eigenvalue weighted by Crippen LogP contribution is 2.29. The van der Waals surface area contributed by atoms with E-state index in [2.05, 4.69) is 4.98 Å². The molecule has 6 nitrogen and oxygen atoms in total. The van der Waals surface area contributed by atoms with Crippen LogP contribution in [0.15, 0.2) is 12.3 Å². The molecule has 0 spiro atoms. The van der Waals surface area contributed by atoms with E-state index in [4.69, 9.17) is 5.73 Å². The minimum Gasteiger partial charge on any atom is -0.364 e. The molecular weight excluding hydrogens is 230 g/mol. The number of pyridine rings is 1. The Morgan fingerprint density at radius 2 is 2.25 bits per heavy atom. The second-order valence-electron chi connectivity index (χ2n) is 3.65.